The predicted molar refractivity (Wildman–Crippen MR) is 90.5 cm³/mol. The van der Waals surface area contributed by atoms with E-state index in [4.69, 9.17) is 5.21 Å². The Morgan fingerprint density at radius 2 is 2.00 bits per heavy atom. The van der Waals surface area contributed by atoms with Crippen LogP contribution in [0, 0.1) is 11.3 Å². The topological polar surface area (TPSA) is 98.7 Å². The highest BCUT2D eigenvalue weighted by Crippen LogP contribution is 2.55. The Balaban J connectivity index is 1.70. The fourth-order valence-corrected chi connectivity index (χ4v) is 3.85. The molecule has 2 atom stereocenters. The van der Waals surface area contributed by atoms with Crippen molar-refractivity contribution < 1.29 is 19.6 Å². The van der Waals surface area contributed by atoms with Gasteiger partial charge in [0.2, 0.25) is 17.7 Å². The molecule has 140 valence electrons. The normalized spacial score (nSPS) is 24.9. The van der Waals surface area contributed by atoms with Crippen molar-refractivity contribution in [1.82, 2.24) is 15.7 Å². The van der Waals surface area contributed by atoms with Crippen LogP contribution in [0.15, 0.2) is 0 Å². The van der Waals surface area contributed by atoms with Crippen molar-refractivity contribution in [3.8, 4) is 0 Å². The number of rotatable bonds is 8. The Hall–Kier alpha value is -1.63. The minimum absolute atomic E-state index is 0.0319. The van der Waals surface area contributed by atoms with E-state index in [0.29, 0.717) is 13.0 Å². The Labute approximate surface area is 148 Å². The van der Waals surface area contributed by atoms with Gasteiger partial charge in [-0.25, -0.2) is 5.48 Å². The molecule has 1 spiro atoms. The quantitative estimate of drug-likeness (QED) is 0.454. The van der Waals surface area contributed by atoms with E-state index in [1.54, 1.807) is 10.4 Å². The van der Waals surface area contributed by atoms with E-state index in [1.807, 2.05) is 6.92 Å². The second-order valence-electron chi connectivity index (χ2n) is 8.05. The lowest BCUT2D eigenvalue weighted by Gasteiger charge is -2.28. The minimum atomic E-state index is -0.547. The summed E-state index contributed by atoms with van der Waals surface area (Å²) >= 11 is 0. The molecular weight excluding hydrogens is 322 g/mol. The SMILES string of the molecule is CCCC[C@H](CC(=O)NO)C(=O)N1CC2(CC2)CC1C(=O)NC1CC1. The van der Waals surface area contributed by atoms with Gasteiger partial charge in [0.25, 0.3) is 0 Å². The lowest BCUT2D eigenvalue weighted by atomic mass is 9.96. The smallest absolute Gasteiger partial charge is 0.244 e. The monoisotopic (exact) mass is 351 g/mol. The van der Waals surface area contributed by atoms with E-state index in [-0.39, 0.29) is 29.7 Å². The van der Waals surface area contributed by atoms with Gasteiger partial charge < -0.3 is 10.2 Å². The van der Waals surface area contributed by atoms with E-state index in [1.165, 1.54) is 0 Å². The van der Waals surface area contributed by atoms with Crippen LogP contribution in [-0.4, -0.2) is 46.5 Å². The number of nitrogens with zero attached hydrogens (tertiary/aromatic N) is 1. The summed E-state index contributed by atoms with van der Waals surface area (Å²) in [5.41, 5.74) is 1.75. The van der Waals surface area contributed by atoms with Crippen LogP contribution in [0.3, 0.4) is 0 Å². The van der Waals surface area contributed by atoms with Gasteiger partial charge in [0.05, 0.1) is 0 Å². The molecule has 0 bridgehead atoms. The van der Waals surface area contributed by atoms with Gasteiger partial charge in [-0.1, -0.05) is 19.8 Å². The molecule has 3 aliphatic rings. The van der Waals surface area contributed by atoms with Crippen molar-refractivity contribution in [2.75, 3.05) is 6.54 Å². The van der Waals surface area contributed by atoms with Crippen molar-refractivity contribution in [3.05, 3.63) is 0 Å². The van der Waals surface area contributed by atoms with E-state index in [0.717, 1.165) is 44.9 Å². The van der Waals surface area contributed by atoms with Gasteiger partial charge in [0, 0.05) is 24.9 Å². The molecule has 0 aromatic heterocycles. The first-order valence-corrected chi connectivity index (χ1v) is 9.52. The maximum Gasteiger partial charge on any atom is 0.244 e. The molecule has 2 aliphatic carbocycles. The summed E-state index contributed by atoms with van der Waals surface area (Å²) in [6.07, 6.45) is 7.26. The largest absolute Gasteiger partial charge is 0.352 e. The summed E-state index contributed by atoms with van der Waals surface area (Å²) in [6.45, 7) is 2.66. The average molecular weight is 351 g/mol. The first kappa shape index (κ1) is 18.2. The summed E-state index contributed by atoms with van der Waals surface area (Å²) in [5.74, 6) is -1.18. The summed E-state index contributed by atoms with van der Waals surface area (Å²) in [6, 6.07) is -0.131. The maximum absolute atomic E-state index is 13.1. The highest BCUT2D eigenvalue weighted by Gasteiger charge is 2.56. The van der Waals surface area contributed by atoms with Crippen molar-refractivity contribution in [3.63, 3.8) is 0 Å². The number of carbonyl (C=O) groups excluding carboxylic acids is 3. The third-order valence-electron chi connectivity index (χ3n) is 5.79. The molecule has 7 heteroatoms. The molecule has 3 amide bonds. The van der Waals surface area contributed by atoms with Gasteiger partial charge in [0.1, 0.15) is 6.04 Å². The zero-order valence-corrected chi connectivity index (χ0v) is 14.9. The van der Waals surface area contributed by atoms with Crippen LogP contribution in [0.2, 0.25) is 0 Å². The lowest BCUT2D eigenvalue weighted by molar-refractivity contribution is -0.144. The zero-order chi connectivity index (χ0) is 18.0. The van der Waals surface area contributed by atoms with Crippen molar-refractivity contribution in [2.24, 2.45) is 11.3 Å². The summed E-state index contributed by atoms with van der Waals surface area (Å²) in [7, 11) is 0. The summed E-state index contributed by atoms with van der Waals surface area (Å²) in [5, 5.41) is 11.8. The molecule has 1 aliphatic heterocycles. The Morgan fingerprint density at radius 3 is 2.56 bits per heavy atom. The molecule has 3 rings (SSSR count). The van der Waals surface area contributed by atoms with Crippen LogP contribution >= 0.6 is 0 Å². The van der Waals surface area contributed by atoms with Gasteiger partial charge >= 0.3 is 0 Å². The number of unbranched alkanes of at least 4 members (excludes halogenated alkanes) is 1. The second-order valence-corrected chi connectivity index (χ2v) is 8.05. The molecule has 1 saturated heterocycles. The standard InChI is InChI=1S/C18H29N3O4/c1-2-3-4-12(9-15(22)20-25)17(24)21-11-18(7-8-18)10-14(21)16(23)19-13-5-6-13/h12-14,25H,2-11H2,1H3,(H,19,23)(H,20,22)/t12-,14?/m1/s1. The Kier molecular flexibility index (Phi) is 5.32. The van der Waals surface area contributed by atoms with Crippen molar-refractivity contribution >= 4 is 17.7 Å². The molecule has 1 unspecified atom stereocenters. The van der Waals surface area contributed by atoms with Gasteiger partial charge in [-0.15, -0.1) is 0 Å². The molecule has 25 heavy (non-hydrogen) atoms. The maximum atomic E-state index is 13.1. The van der Waals surface area contributed by atoms with Crippen molar-refractivity contribution in [2.45, 2.75) is 76.8 Å². The number of amides is 3. The third-order valence-corrected chi connectivity index (χ3v) is 5.79. The molecular formula is C18H29N3O4. The van der Waals surface area contributed by atoms with Crippen LogP contribution in [0.4, 0.5) is 0 Å². The van der Waals surface area contributed by atoms with Crippen LogP contribution in [-0.2, 0) is 14.4 Å². The second kappa shape index (κ2) is 7.32. The lowest BCUT2D eigenvalue weighted by Crippen LogP contribution is -2.48. The number of nitrogens with one attached hydrogen (secondary N) is 2. The summed E-state index contributed by atoms with van der Waals surface area (Å²) < 4.78 is 0. The van der Waals surface area contributed by atoms with E-state index < -0.39 is 17.9 Å². The molecule has 3 N–H and O–H groups in total. The third kappa shape index (κ3) is 4.32. The number of hydroxylamine groups is 1. The van der Waals surface area contributed by atoms with Crippen LogP contribution < -0.4 is 10.8 Å². The molecule has 1 heterocycles. The highest BCUT2D eigenvalue weighted by molar-refractivity contribution is 5.91. The molecule has 0 aromatic carbocycles. The molecule has 0 aromatic rings. The van der Waals surface area contributed by atoms with Crippen LogP contribution in [0.1, 0.15) is 64.7 Å². The van der Waals surface area contributed by atoms with Gasteiger partial charge in [0.15, 0.2) is 0 Å². The predicted octanol–water partition coefficient (Wildman–Crippen LogP) is 1.35. The molecule has 7 nitrogen and oxygen atoms in total. The van der Waals surface area contributed by atoms with E-state index >= 15 is 0 Å². The Morgan fingerprint density at radius 1 is 1.28 bits per heavy atom. The highest BCUT2D eigenvalue weighted by atomic mass is 16.5. The average Bonchev–Trinajstić information content (AvgIpc) is 3.50. The van der Waals surface area contributed by atoms with Gasteiger partial charge in [-0.05, 0) is 43.9 Å². The van der Waals surface area contributed by atoms with Crippen molar-refractivity contribution in [1.29, 1.82) is 0 Å². The first-order chi connectivity index (χ1) is 12.0. The van der Waals surface area contributed by atoms with E-state index in [2.05, 4.69) is 5.32 Å². The fourth-order valence-electron chi connectivity index (χ4n) is 3.85. The Bertz CT molecular complexity index is 542. The minimum Gasteiger partial charge on any atom is -0.352 e. The number of carbonyl (C=O) groups is 3. The summed E-state index contributed by atoms with van der Waals surface area (Å²) in [4.78, 5) is 39.1. The van der Waals surface area contributed by atoms with Gasteiger partial charge in [-0.2, -0.15) is 0 Å². The fraction of sp³-hybridized carbons (Fsp3) is 0.833. The van der Waals surface area contributed by atoms with E-state index in [9.17, 15) is 14.4 Å². The van der Waals surface area contributed by atoms with Crippen LogP contribution in [0.25, 0.3) is 0 Å². The zero-order valence-electron chi connectivity index (χ0n) is 14.9. The van der Waals surface area contributed by atoms with Gasteiger partial charge in [-0.3, -0.25) is 19.6 Å². The number of likely N-dealkylation sites (tertiary alicyclic amines) is 1. The molecule has 3 fully saturated rings. The number of hydrogen-bond acceptors (Lipinski definition) is 4. The molecule has 2 saturated carbocycles. The van der Waals surface area contributed by atoms with Crippen LogP contribution in [0.5, 0.6) is 0 Å². The molecule has 0 radical (unpaired) electrons. The first-order valence-electron chi connectivity index (χ1n) is 9.52. The number of hydrogen-bond donors (Lipinski definition) is 3.